The van der Waals surface area contributed by atoms with Crippen LogP contribution in [-0.2, 0) is 0 Å². The van der Waals surface area contributed by atoms with Crippen LogP contribution in [0, 0.1) is 0 Å². The SMILES string of the molecule is CC(C)c1ncc(NO)[nH]1. The van der Waals surface area contributed by atoms with Crippen molar-refractivity contribution in [3.63, 3.8) is 0 Å². The summed E-state index contributed by atoms with van der Waals surface area (Å²) in [6, 6.07) is 0. The van der Waals surface area contributed by atoms with Crippen LogP contribution in [0.4, 0.5) is 5.82 Å². The molecular weight excluding hydrogens is 130 g/mol. The van der Waals surface area contributed by atoms with Gasteiger partial charge in [0.25, 0.3) is 0 Å². The Bertz CT molecular complexity index is 207. The molecule has 1 rings (SSSR count). The first-order valence-electron chi connectivity index (χ1n) is 3.19. The molecule has 0 saturated heterocycles. The van der Waals surface area contributed by atoms with Gasteiger partial charge in [-0.3, -0.25) is 10.7 Å². The van der Waals surface area contributed by atoms with E-state index < -0.39 is 0 Å². The second kappa shape index (κ2) is 2.70. The van der Waals surface area contributed by atoms with E-state index in [2.05, 4.69) is 9.97 Å². The van der Waals surface area contributed by atoms with Gasteiger partial charge in [-0.2, -0.15) is 0 Å². The molecule has 0 aliphatic heterocycles. The Kier molecular flexibility index (Phi) is 1.91. The zero-order chi connectivity index (χ0) is 7.56. The van der Waals surface area contributed by atoms with Crippen LogP contribution in [-0.4, -0.2) is 15.2 Å². The largest absolute Gasteiger partial charge is 0.327 e. The third kappa shape index (κ3) is 1.27. The van der Waals surface area contributed by atoms with Gasteiger partial charge in [-0.05, 0) is 0 Å². The highest BCUT2D eigenvalue weighted by molar-refractivity contribution is 5.29. The minimum atomic E-state index is 0.363. The van der Waals surface area contributed by atoms with Crippen LogP contribution in [0.5, 0.6) is 0 Å². The predicted octanol–water partition coefficient (Wildman–Crippen LogP) is 1.33. The molecule has 3 N–H and O–H groups in total. The number of imidazole rings is 1. The molecule has 4 nitrogen and oxygen atoms in total. The van der Waals surface area contributed by atoms with Crippen molar-refractivity contribution >= 4 is 5.82 Å². The summed E-state index contributed by atoms with van der Waals surface area (Å²) < 4.78 is 0. The van der Waals surface area contributed by atoms with Crippen molar-refractivity contribution in [1.29, 1.82) is 0 Å². The first-order chi connectivity index (χ1) is 4.74. The lowest BCUT2D eigenvalue weighted by molar-refractivity contribution is 0.386. The summed E-state index contributed by atoms with van der Waals surface area (Å²) in [7, 11) is 0. The minimum Gasteiger partial charge on any atom is -0.327 e. The fraction of sp³-hybridized carbons (Fsp3) is 0.500. The van der Waals surface area contributed by atoms with Gasteiger partial charge >= 0.3 is 0 Å². The first-order valence-corrected chi connectivity index (χ1v) is 3.19. The number of rotatable bonds is 2. The summed E-state index contributed by atoms with van der Waals surface area (Å²) >= 11 is 0. The van der Waals surface area contributed by atoms with E-state index in [1.807, 2.05) is 19.3 Å². The maximum Gasteiger partial charge on any atom is 0.147 e. The van der Waals surface area contributed by atoms with Crippen LogP contribution in [0.2, 0.25) is 0 Å². The maximum atomic E-state index is 8.41. The summed E-state index contributed by atoms with van der Waals surface area (Å²) in [6.07, 6.45) is 1.55. The van der Waals surface area contributed by atoms with Crippen molar-refractivity contribution in [1.82, 2.24) is 9.97 Å². The van der Waals surface area contributed by atoms with E-state index in [4.69, 9.17) is 5.21 Å². The second-order valence-electron chi connectivity index (χ2n) is 2.45. The summed E-state index contributed by atoms with van der Waals surface area (Å²) in [5.74, 6) is 1.77. The van der Waals surface area contributed by atoms with Gasteiger partial charge in [0.15, 0.2) is 0 Å². The molecule has 1 aromatic rings. The Hall–Kier alpha value is -1.03. The van der Waals surface area contributed by atoms with Crippen LogP contribution in [0.1, 0.15) is 25.6 Å². The van der Waals surface area contributed by atoms with Crippen LogP contribution < -0.4 is 5.48 Å². The number of anilines is 1. The highest BCUT2D eigenvalue weighted by Gasteiger charge is 2.02. The topological polar surface area (TPSA) is 60.9 Å². The predicted molar refractivity (Wildman–Crippen MR) is 38.1 cm³/mol. The molecular formula is C6H11N3O. The molecule has 0 aliphatic carbocycles. The first kappa shape index (κ1) is 7.08. The Labute approximate surface area is 59.3 Å². The molecule has 0 spiro atoms. The highest BCUT2D eigenvalue weighted by atomic mass is 16.5. The van der Waals surface area contributed by atoms with E-state index in [1.165, 1.54) is 0 Å². The molecule has 0 bridgehead atoms. The highest BCUT2D eigenvalue weighted by Crippen LogP contribution is 2.11. The van der Waals surface area contributed by atoms with Gasteiger partial charge in [0, 0.05) is 5.92 Å². The quantitative estimate of drug-likeness (QED) is 0.544. The zero-order valence-corrected chi connectivity index (χ0v) is 6.05. The second-order valence-corrected chi connectivity index (χ2v) is 2.45. The molecule has 0 atom stereocenters. The molecule has 1 heterocycles. The van der Waals surface area contributed by atoms with E-state index in [9.17, 15) is 0 Å². The number of hydrogen-bond donors (Lipinski definition) is 3. The van der Waals surface area contributed by atoms with Crippen molar-refractivity contribution in [3.05, 3.63) is 12.0 Å². The van der Waals surface area contributed by atoms with Crippen LogP contribution >= 0.6 is 0 Å². The third-order valence-electron chi connectivity index (χ3n) is 1.26. The molecule has 0 aromatic carbocycles. The molecule has 0 amide bonds. The van der Waals surface area contributed by atoms with Gasteiger partial charge in [-0.25, -0.2) is 4.98 Å². The lowest BCUT2D eigenvalue weighted by Gasteiger charge is -1.96. The number of nitrogens with zero attached hydrogens (tertiary/aromatic N) is 1. The summed E-state index contributed by atoms with van der Waals surface area (Å²) in [4.78, 5) is 6.90. The van der Waals surface area contributed by atoms with Crippen LogP contribution in [0.3, 0.4) is 0 Å². The molecule has 0 saturated carbocycles. The average Bonchev–Trinajstić information content (AvgIpc) is 2.34. The van der Waals surface area contributed by atoms with E-state index >= 15 is 0 Å². The van der Waals surface area contributed by atoms with Crippen molar-refractivity contribution in [2.24, 2.45) is 0 Å². The van der Waals surface area contributed by atoms with E-state index in [1.54, 1.807) is 6.20 Å². The number of nitrogens with one attached hydrogen (secondary N) is 2. The Morgan fingerprint density at radius 2 is 2.40 bits per heavy atom. The van der Waals surface area contributed by atoms with E-state index in [0.29, 0.717) is 11.7 Å². The van der Waals surface area contributed by atoms with E-state index in [0.717, 1.165) is 5.82 Å². The molecule has 10 heavy (non-hydrogen) atoms. The fourth-order valence-corrected chi connectivity index (χ4v) is 0.687. The Morgan fingerprint density at radius 3 is 2.70 bits per heavy atom. The summed E-state index contributed by atoms with van der Waals surface area (Å²) in [5.41, 5.74) is 1.98. The van der Waals surface area contributed by atoms with Gasteiger partial charge in [-0.15, -0.1) is 0 Å². The van der Waals surface area contributed by atoms with Crippen LogP contribution in [0.25, 0.3) is 0 Å². The van der Waals surface area contributed by atoms with Crippen molar-refractivity contribution in [2.75, 3.05) is 5.48 Å². The standard InChI is InChI=1S/C6H11N3O/c1-4(2)6-7-3-5(8-6)9-10/h3-4,9-10H,1-2H3,(H,7,8). The number of H-pyrrole nitrogens is 1. The zero-order valence-electron chi connectivity index (χ0n) is 6.05. The Morgan fingerprint density at radius 1 is 1.70 bits per heavy atom. The van der Waals surface area contributed by atoms with Gasteiger partial charge in [0.2, 0.25) is 0 Å². The molecule has 1 aromatic heterocycles. The molecule has 56 valence electrons. The average molecular weight is 141 g/mol. The van der Waals surface area contributed by atoms with Gasteiger partial charge in [-0.1, -0.05) is 13.8 Å². The molecule has 4 heteroatoms. The smallest absolute Gasteiger partial charge is 0.147 e. The number of aromatic nitrogens is 2. The van der Waals surface area contributed by atoms with Crippen molar-refractivity contribution < 1.29 is 5.21 Å². The molecule has 0 radical (unpaired) electrons. The van der Waals surface area contributed by atoms with Gasteiger partial charge < -0.3 is 4.98 Å². The molecule has 0 unspecified atom stereocenters. The Balaban J connectivity index is 2.78. The maximum absolute atomic E-state index is 8.41. The van der Waals surface area contributed by atoms with Crippen molar-refractivity contribution in [3.8, 4) is 0 Å². The monoisotopic (exact) mass is 141 g/mol. The van der Waals surface area contributed by atoms with Gasteiger partial charge in [0.05, 0.1) is 6.20 Å². The van der Waals surface area contributed by atoms with Gasteiger partial charge in [0.1, 0.15) is 11.6 Å². The summed E-state index contributed by atoms with van der Waals surface area (Å²) in [6.45, 7) is 4.06. The molecule has 0 fully saturated rings. The van der Waals surface area contributed by atoms with Crippen LogP contribution in [0.15, 0.2) is 6.20 Å². The lowest BCUT2D eigenvalue weighted by Crippen LogP contribution is -1.91. The molecule has 0 aliphatic rings. The number of aromatic amines is 1. The third-order valence-corrected chi connectivity index (χ3v) is 1.26. The van der Waals surface area contributed by atoms with Crippen molar-refractivity contribution in [2.45, 2.75) is 19.8 Å². The normalized spacial score (nSPS) is 10.4. The number of hydrogen-bond acceptors (Lipinski definition) is 3. The minimum absolute atomic E-state index is 0.363. The lowest BCUT2D eigenvalue weighted by atomic mass is 10.2. The van der Waals surface area contributed by atoms with E-state index in [-0.39, 0.29) is 0 Å². The fourth-order valence-electron chi connectivity index (χ4n) is 0.687. The summed E-state index contributed by atoms with van der Waals surface area (Å²) in [5, 5.41) is 8.41.